The lowest BCUT2D eigenvalue weighted by molar-refractivity contribution is -0.143. The van der Waals surface area contributed by atoms with Crippen LogP contribution in [0.2, 0.25) is 0 Å². The van der Waals surface area contributed by atoms with E-state index in [4.69, 9.17) is 17.2 Å². The molecule has 0 aliphatic rings. The fourth-order valence-electron chi connectivity index (χ4n) is 3.34. The summed E-state index contributed by atoms with van der Waals surface area (Å²) in [4.78, 5) is 54.3. The van der Waals surface area contributed by atoms with Crippen molar-refractivity contribution in [1.82, 2.24) is 16.0 Å². The summed E-state index contributed by atoms with van der Waals surface area (Å²) in [6.07, 6.45) is 3.75. The van der Waals surface area contributed by atoms with Gasteiger partial charge in [-0.05, 0) is 49.5 Å². The molecule has 5 unspecified atom stereocenters. The number of nitrogens with zero attached hydrogens (tertiary/aromatic N) is 1. The molecule has 208 valence electrons. The molecule has 0 bridgehead atoms. The zero-order valence-corrected chi connectivity index (χ0v) is 22.9. The molecule has 0 aliphatic heterocycles. The van der Waals surface area contributed by atoms with Gasteiger partial charge >= 0.3 is 5.97 Å². The Bertz CT molecular complexity index is 746. The van der Waals surface area contributed by atoms with Gasteiger partial charge in [0.1, 0.15) is 18.1 Å². The van der Waals surface area contributed by atoms with E-state index in [2.05, 4.69) is 20.9 Å². The normalized spacial score (nSPS) is 15.2. The maximum absolute atomic E-state index is 13.2. The van der Waals surface area contributed by atoms with E-state index in [1.54, 1.807) is 18.7 Å². The van der Waals surface area contributed by atoms with Crippen LogP contribution in [0.25, 0.3) is 0 Å². The van der Waals surface area contributed by atoms with Gasteiger partial charge in [-0.25, -0.2) is 4.79 Å². The van der Waals surface area contributed by atoms with Gasteiger partial charge in [0.15, 0.2) is 5.96 Å². The van der Waals surface area contributed by atoms with Crippen LogP contribution in [-0.4, -0.2) is 77.5 Å². The first-order chi connectivity index (χ1) is 16.8. The summed E-state index contributed by atoms with van der Waals surface area (Å²) in [5, 5.41) is 17.5. The van der Waals surface area contributed by atoms with E-state index in [1.165, 1.54) is 0 Å². The van der Waals surface area contributed by atoms with Crippen LogP contribution in [0.3, 0.4) is 0 Å². The van der Waals surface area contributed by atoms with Crippen LogP contribution in [0.1, 0.15) is 59.8 Å². The molecule has 0 aromatic rings. The minimum Gasteiger partial charge on any atom is -0.480 e. The van der Waals surface area contributed by atoms with Crippen molar-refractivity contribution in [3.05, 3.63) is 0 Å². The molecule has 5 atom stereocenters. The van der Waals surface area contributed by atoms with Gasteiger partial charge in [0.25, 0.3) is 0 Å². The molecule has 0 radical (unpaired) electrons. The molecule has 13 heteroatoms. The highest BCUT2D eigenvalue weighted by Crippen LogP contribution is 2.12. The predicted molar refractivity (Wildman–Crippen MR) is 143 cm³/mol. The highest BCUT2D eigenvalue weighted by atomic mass is 32.2. The molecule has 36 heavy (non-hydrogen) atoms. The number of carboxylic acids is 1. The number of hydrogen-bond donors (Lipinski definition) is 7. The number of aliphatic carboxylic acids is 1. The Morgan fingerprint density at radius 1 is 0.944 bits per heavy atom. The van der Waals surface area contributed by atoms with Crippen molar-refractivity contribution in [2.75, 3.05) is 18.6 Å². The SMILES string of the molecule is CCC(C)C(NC(=O)C(CC(C)C)NC(=O)C(N)CCSC)C(=O)NC(CCCN=C(N)N)C(=O)O. The molecule has 0 spiro atoms. The Balaban J connectivity index is 5.47. The summed E-state index contributed by atoms with van der Waals surface area (Å²) in [6, 6.07) is -3.79. The monoisotopic (exact) mass is 531 g/mol. The van der Waals surface area contributed by atoms with Crippen molar-refractivity contribution in [3.63, 3.8) is 0 Å². The molecule has 0 fully saturated rings. The average Bonchev–Trinajstić information content (AvgIpc) is 2.80. The van der Waals surface area contributed by atoms with Crippen LogP contribution < -0.4 is 33.2 Å². The highest BCUT2D eigenvalue weighted by Gasteiger charge is 2.32. The van der Waals surface area contributed by atoms with Crippen molar-refractivity contribution in [2.45, 2.75) is 84.0 Å². The maximum Gasteiger partial charge on any atom is 0.326 e. The van der Waals surface area contributed by atoms with Crippen molar-refractivity contribution >= 4 is 41.4 Å². The molecule has 0 saturated carbocycles. The van der Waals surface area contributed by atoms with Gasteiger partial charge in [-0.2, -0.15) is 11.8 Å². The fraction of sp³-hybridized carbons (Fsp3) is 0.783. The van der Waals surface area contributed by atoms with Crippen LogP contribution >= 0.6 is 11.8 Å². The van der Waals surface area contributed by atoms with E-state index in [1.807, 2.05) is 27.0 Å². The summed E-state index contributed by atoms with van der Waals surface area (Å²) in [5.41, 5.74) is 16.5. The number of carbonyl (C=O) groups excluding carboxylic acids is 3. The third-order valence-corrected chi connectivity index (χ3v) is 6.31. The van der Waals surface area contributed by atoms with E-state index in [9.17, 15) is 24.3 Å². The number of hydrogen-bond acceptors (Lipinski definition) is 7. The molecule has 0 aromatic heterocycles. The lowest BCUT2D eigenvalue weighted by Gasteiger charge is -2.28. The number of nitrogens with one attached hydrogen (secondary N) is 3. The Kier molecular flexibility index (Phi) is 16.6. The van der Waals surface area contributed by atoms with Gasteiger partial charge in [-0.15, -0.1) is 0 Å². The van der Waals surface area contributed by atoms with Gasteiger partial charge in [0.05, 0.1) is 6.04 Å². The molecular weight excluding hydrogens is 486 g/mol. The summed E-state index contributed by atoms with van der Waals surface area (Å²) < 4.78 is 0. The van der Waals surface area contributed by atoms with Crippen LogP contribution in [0.5, 0.6) is 0 Å². The van der Waals surface area contributed by atoms with Crippen LogP contribution in [0, 0.1) is 11.8 Å². The molecule has 3 amide bonds. The molecule has 0 aromatic carbocycles. The number of rotatable bonds is 18. The Labute approximate surface area is 218 Å². The minimum absolute atomic E-state index is 0.0842. The highest BCUT2D eigenvalue weighted by molar-refractivity contribution is 7.98. The van der Waals surface area contributed by atoms with E-state index in [0.29, 0.717) is 31.4 Å². The van der Waals surface area contributed by atoms with Crippen LogP contribution in [0.15, 0.2) is 4.99 Å². The summed E-state index contributed by atoms with van der Waals surface area (Å²) in [7, 11) is 0. The Morgan fingerprint density at radius 3 is 2.06 bits per heavy atom. The van der Waals surface area contributed by atoms with Gasteiger partial charge in [0, 0.05) is 6.54 Å². The topological polar surface area (TPSA) is 215 Å². The molecular formula is C23H45N7O5S. The molecule has 0 rings (SSSR count). The van der Waals surface area contributed by atoms with Gasteiger partial charge in [0.2, 0.25) is 17.7 Å². The first kappa shape index (κ1) is 33.5. The smallest absolute Gasteiger partial charge is 0.326 e. The van der Waals surface area contributed by atoms with E-state index in [-0.39, 0.29) is 30.8 Å². The van der Waals surface area contributed by atoms with Crippen LogP contribution in [-0.2, 0) is 19.2 Å². The lowest BCUT2D eigenvalue weighted by Crippen LogP contribution is -2.58. The minimum atomic E-state index is -1.20. The Hall–Kier alpha value is -2.54. The average molecular weight is 532 g/mol. The quantitative estimate of drug-likeness (QED) is 0.0704. The number of aliphatic imine (C=N–C) groups is 1. The number of guanidine groups is 1. The first-order valence-electron chi connectivity index (χ1n) is 12.3. The lowest BCUT2D eigenvalue weighted by atomic mass is 9.96. The van der Waals surface area contributed by atoms with E-state index in [0.717, 1.165) is 0 Å². The van der Waals surface area contributed by atoms with Crippen molar-refractivity contribution in [1.29, 1.82) is 0 Å². The zero-order chi connectivity index (χ0) is 27.8. The van der Waals surface area contributed by atoms with Crippen molar-refractivity contribution in [3.8, 4) is 0 Å². The van der Waals surface area contributed by atoms with Crippen molar-refractivity contribution in [2.24, 2.45) is 34.0 Å². The predicted octanol–water partition coefficient (Wildman–Crippen LogP) is -0.248. The second-order valence-electron chi connectivity index (χ2n) is 9.30. The summed E-state index contributed by atoms with van der Waals surface area (Å²) in [5.74, 6) is -2.35. The number of carbonyl (C=O) groups is 4. The van der Waals surface area contributed by atoms with Crippen LogP contribution in [0.4, 0.5) is 0 Å². The molecule has 10 N–H and O–H groups in total. The largest absolute Gasteiger partial charge is 0.480 e. The third-order valence-electron chi connectivity index (χ3n) is 5.66. The number of amides is 3. The number of nitrogens with two attached hydrogens (primary N) is 3. The molecule has 0 aliphatic carbocycles. The third kappa shape index (κ3) is 13.5. The maximum atomic E-state index is 13.2. The zero-order valence-electron chi connectivity index (χ0n) is 22.1. The molecule has 0 heterocycles. The molecule has 0 saturated heterocycles. The standard InChI is InChI=1S/C23H45N7O5S/c1-6-14(4)18(21(33)28-16(22(34)35)8-7-10-27-23(25)26)30-20(32)17(12-13(2)3)29-19(31)15(24)9-11-36-5/h13-18H,6-12,24H2,1-5H3,(H,28,33)(H,29,31)(H,30,32)(H,34,35)(H4,25,26,27). The summed E-state index contributed by atoms with van der Waals surface area (Å²) >= 11 is 1.57. The van der Waals surface area contributed by atoms with Crippen molar-refractivity contribution < 1.29 is 24.3 Å². The number of thioether (sulfide) groups is 1. The second kappa shape index (κ2) is 17.8. The summed E-state index contributed by atoms with van der Waals surface area (Å²) in [6.45, 7) is 7.70. The second-order valence-corrected chi connectivity index (χ2v) is 10.3. The van der Waals surface area contributed by atoms with Gasteiger partial charge in [-0.3, -0.25) is 19.4 Å². The first-order valence-corrected chi connectivity index (χ1v) is 13.7. The Morgan fingerprint density at radius 2 is 1.56 bits per heavy atom. The van der Waals surface area contributed by atoms with E-state index >= 15 is 0 Å². The van der Waals surface area contributed by atoms with Gasteiger partial charge in [-0.1, -0.05) is 34.1 Å². The molecule has 12 nitrogen and oxygen atoms in total. The number of carboxylic acid groups (broad SMARTS) is 1. The fourth-order valence-corrected chi connectivity index (χ4v) is 3.83. The van der Waals surface area contributed by atoms with E-state index < -0.39 is 47.9 Å². The van der Waals surface area contributed by atoms with Gasteiger partial charge < -0.3 is 38.3 Å².